The summed E-state index contributed by atoms with van der Waals surface area (Å²) in [6, 6.07) is 7.93. The van der Waals surface area contributed by atoms with Crippen LogP contribution in [0.25, 0.3) is 0 Å². The molecular weight excluding hydrogens is 306 g/mol. The van der Waals surface area contributed by atoms with E-state index < -0.39 is 5.54 Å². The summed E-state index contributed by atoms with van der Waals surface area (Å²) in [4.78, 5) is 18.3. The predicted octanol–water partition coefficient (Wildman–Crippen LogP) is 4.14. The van der Waals surface area contributed by atoms with Crippen LogP contribution in [0.4, 0.5) is 5.69 Å². The molecule has 23 heavy (non-hydrogen) atoms. The molecule has 1 heterocycles. The van der Waals surface area contributed by atoms with Crippen molar-refractivity contribution in [1.82, 2.24) is 10.3 Å². The van der Waals surface area contributed by atoms with Gasteiger partial charge in [0.2, 0.25) is 5.91 Å². The number of carbonyl (C=O) groups is 1. The molecule has 1 atom stereocenters. The minimum atomic E-state index is -0.706. The number of nitrogens with one attached hydrogen (secondary N) is 2. The van der Waals surface area contributed by atoms with E-state index >= 15 is 0 Å². The first kappa shape index (κ1) is 17.5. The zero-order chi connectivity index (χ0) is 17.2. The minimum absolute atomic E-state index is 0.0457. The maximum Gasteiger partial charge on any atom is 0.245 e. The second-order valence-electron chi connectivity index (χ2n) is 6.49. The van der Waals surface area contributed by atoms with Crippen molar-refractivity contribution in [3.05, 3.63) is 45.4 Å². The maximum atomic E-state index is 12.6. The van der Waals surface area contributed by atoms with Gasteiger partial charge in [0.15, 0.2) is 0 Å². The number of rotatable bonds is 5. The fourth-order valence-electron chi connectivity index (χ4n) is 2.45. The summed E-state index contributed by atoms with van der Waals surface area (Å²) in [6.07, 6.45) is 0. The highest BCUT2D eigenvalue weighted by Crippen LogP contribution is 2.23. The fraction of sp³-hybridized carbons (Fsp3) is 0.444. The Morgan fingerprint density at radius 1 is 1.17 bits per heavy atom. The monoisotopic (exact) mass is 331 g/mol. The molecule has 0 saturated carbocycles. The molecule has 5 heteroatoms. The molecule has 4 nitrogen and oxygen atoms in total. The lowest BCUT2D eigenvalue weighted by Crippen LogP contribution is -2.48. The van der Waals surface area contributed by atoms with Gasteiger partial charge in [-0.2, -0.15) is 0 Å². The van der Waals surface area contributed by atoms with Crippen LogP contribution in [0.1, 0.15) is 48.0 Å². The number of carbonyl (C=O) groups excluding carboxylic acids is 1. The van der Waals surface area contributed by atoms with E-state index in [1.54, 1.807) is 11.3 Å². The summed E-state index contributed by atoms with van der Waals surface area (Å²) in [6.45, 7) is 11.8. The molecule has 124 valence electrons. The lowest BCUT2D eigenvalue weighted by atomic mass is 10.0. The highest BCUT2D eigenvalue weighted by molar-refractivity contribution is 7.11. The second kappa shape index (κ2) is 6.71. The zero-order valence-electron chi connectivity index (χ0n) is 14.7. The molecule has 1 amide bonds. The molecular formula is C18H25N3OS. The summed E-state index contributed by atoms with van der Waals surface area (Å²) >= 11 is 1.66. The van der Waals surface area contributed by atoms with Crippen LogP contribution in [0, 0.1) is 20.8 Å². The summed E-state index contributed by atoms with van der Waals surface area (Å²) in [5, 5.41) is 7.38. The molecule has 0 fully saturated rings. The zero-order valence-corrected chi connectivity index (χ0v) is 15.5. The molecule has 2 aromatic rings. The molecule has 0 aliphatic rings. The van der Waals surface area contributed by atoms with E-state index in [4.69, 9.17) is 0 Å². The van der Waals surface area contributed by atoms with Gasteiger partial charge in [0, 0.05) is 10.6 Å². The van der Waals surface area contributed by atoms with Crippen LogP contribution >= 0.6 is 11.3 Å². The number of anilines is 1. The Hall–Kier alpha value is -1.88. The quantitative estimate of drug-likeness (QED) is 0.866. The Morgan fingerprint density at radius 2 is 1.78 bits per heavy atom. The van der Waals surface area contributed by atoms with Gasteiger partial charge < -0.3 is 10.6 Å². The second-order valence-corrected chi connectivity index (χ2v) is 7.89. The predicted molar refractivity (Wildman–Crippen MR) is 97.0 cm³/mol. The summed E-state index contributed by atoms with van der Waals surface area (Å²) in [7, 11) is 0. The van der Waals surface area contributed by atoms with Gasteiger partial charge in [0.05, 0.1) is 16.7 Å². The van der Waals surface area contributed by atoms with Gasteiger partial charge in [0.1, 0.15) is 5.54 Å². The van der Waals surface area contributed by atoms with Gasteiger partial charge in [-0.3, -0.25) is 4.79 Å². The summed E-state index contributed by atoms with van der Waals surface area (Å²) < 4.78 is 0. The van der Waals surface area contributed by atoms with E-state index in [0.717, 1.165) is 21.3 Å². The van der Waals surface area contributed by atoms with Crippen molar-refractivity contribution in [3.8, 4) is 0 Å². The standard InChI is InChI=1S/C18H25N3OS/c1-11-7-9-15(10-8-11)21-18(5,6)17(22)19-12(2)16-13(3)23-14(4)20-16/h7-10,12,21H,1-6H3,(H,19,22). The number of nitrogens with zero attached hydrogens (tertiary/aromatic N) is 1. The smallest absolute Gasteiger partial charge is 0.245 e. The first-order valence-electron chi connectivity index (χ1n) is 7.79. The average molecular weight is 331 g/mol. The van der Waals surface area contributed by atoms with Crippen molar-refractivity contribution in [2.75, 3.05) is 5.32 Å². The third kappa shape index (κ3) is 4.32. The largest absolute Gasteiger partial charge is 0.372 e. The van der Waals surface area contributed by atoms with Gasteiger partial charge in [-0.1, -0.05) is 17.7 Å². The van der Waals surface area contributed by atoms with Crippen LogP contribution in [0.2, 0.25) is 0 Å². The van der Waals surface area contributed by atoms with Crippen molar-refractivity contribution < 1.29 is 4.79 Å². The fourth-order valence-corrected chi connectivity index (χ4v) is 3.36. The Kier molecular flexibility index (Phi) is 5.09. The van der Waals surface area contributed by atoms with Gasteiger partial charge in [-0.25, -0.2) is 4.98 Å². The Morgan fingerprint density at radius 3 is 2.30 bits per heavy atom. The van der Waals surface area contributed by atoms with Gasteiger partial charge in [0.25, 0.3) is 0 Å². The van der Waals surface area contributed by atoms with Crippen LogP contribution in [0.15, 0.2) is 24.3 Å². The van der Waals surface area contributed by atoms with Gasteiger partial charge >= 0.3 is 0 Å². The number of aryl methyl sites for hydroxylation is 3. The molecule has 0 bridgehead atoms. The number of benzene rings is 1. The molecule has 2 rings (SSSR count). The van der Waals surface area contributed by atoms with Crippen LogP contribution in [0.5, 0.6) is 0 Å². The Balaban J connectivity index is 2.05. The molecule has 1 aromatic heterocycles. The van der Waals surface area contributed by atoms with Crippen molar-refractivity contribution in [1.29, 1.82) is 0 Å². The maximum absolute atomic E-state index is 12.6. The number of thiazole rings is 1. The highest BCUT2D eigenvalue weighted by atomic mass is 32.1. The van der Waals surface area contributed by atoms with E-state index in [0.29, 0.717) is 0 Å². The van der Waals surface area contributed by atoms with Crippen molar-refractivity contribution >= 4 is 22.9 Å². The van der Waals surface area contributed by atoms with Crippen LogP contribution in [0.3, 0.4) is 0 Å². The molecule has 1 unspecified atom stereocenters. The summed E-state index contributed by atoms with van der Waals surface area (Å²) in [5.74, 6) is -0.0457. The molecule has 0 radical (unpaired) electrons. The van der Waals surface area contributed by atoms with Gasteiger partial charge in [-0.15, -0.1) is 11.3 Å². The first-order chi connectivity index (χ1) is 10.7. The van der Waals surface area contributed by atoms with E-state index in [1.165, 1.54) is 5.56 Å². The van der Waals surface area contributed by atoms with Crippen LogP contribution in [-0.4, -0.2) is 16.4 Å². The lowest BCUT2D eigenvalue weighted by molar-refractivity contribution is -0.125. The van der Waals surface area contributed by atoms with E-state index in [9.17, 15) is 4.79 Å². The third-order valence-corrected chi connectivity index (χ3v) is 4.68. The SMILES string of the molecule is Cc1ccc(NC(C)(C)C(=O)NC(C)c2nc(C)sc2C)cc1. The normalized spacial score (nSPS) is 12.8. The molecule has 1 aromatic carbocycles. The van der Waals surface area contributed by atoms with E-state index in [2.05, 4.69) is 15.6 Å². The van der Waals surface area contributed by atoms with Crippen LogP contribution < -0.4 is 10.6 Å². The lowest BCUT2D eigenvalue weighted by Gasteiger charge is -2.28. The molecule has 0 saturated heterocycles. The van der Waals surface area contributed by atoms with E-state index in [-0.39, 0.29) is 11.9 Å². The number of aromatic nitrogens is 1. The average Bonchev–Trinajstić information content (AvgIpc) is 2.80. The first-order valence-corrected chi connectivity index (χ1v) is 8.60. The Bertz CT molecular complexity index is 689. The number of amides is 1. The summed E-state index contributed by atoms with van der Waals surface area (Å²) in [5.41, 5.74) is 2.37. The molecule has 0 aliphatic carbocycles. The van der Waals surface area contributed by atoms with Gasteiger partial charge in [-0.05, 0) is 53.7 Å². The van der Waals surface area contributed by atoms with Crippen molar-refractivity contribution in [2.45, 2.75) is 53.1 Å². The topological polar surface area (TPSA) is 54.0 Å². The molecule has 0 aliphatic heterocycles. The van der Waals surface area contributed by atoms with Crippen molar-refractivity contribution in [3.63, 3.8) is 0 Å². The van der Waals surface area contributed by atoms with Crippen molar-refractivity contribution in [2.24, 2.45) is 0 Å². The van der Waals surface area contributed by atoms with Crippen LogP contribution in [-0.2, 0) is 4.79 Å². The van der Waals surface area contributed by atoms with E-state index in [1.807, 2.05) is 65.8 Å². The number of hydrogen-bond acceptors (Lipinski definition) is 4. The highest BCUT2D eigenvalue weighted by Gasteiger charge is 2.29. The number of hydrogen-bond donors (Lipinski definition) is 2. The molecule has 0 spiro atoms. The Labute approximate surface area is 142 Å². The third-order valence-electron chi connectivity index (χ3n) is 3.77. The minimum Gasteiger partial charge on any atom is -0.372 e. The molecule has 2 N–H and O–H groups in total.